The SMILES string of the molecule is CS(=O)(=O)O.F.[Eu]. The zero-order valence-corrected chi connectivity index (χ0v) is 6.70. The van der Waals surface area contributed by atoms with Crippen molar-refractivity contribution in [3.8, 4) is 0 Å². The predicted molar refractivity (Wildman–Crippen MR) is 20.0 cm³/mol. The largest absolute Gasteiger partial charge is 0.286 e. The summed E-state index contributed by atoms with van der Waals surface area (Å²) in [6.45, 7) is 0. The van der Waals surface area contributed by atoms with Crippen molar-refractivity contribution in [3.63, 3.8) is 0 Å². The molecule has 1 N–H and O–H groups in total. The van der Waals surface area contributed by atoms with Gasteiger partial charge in [-0.2, -0.15) is 8.42 Å². The quantitative estimate of drug-likeness (QED) is 0.611. The van der Waals surface area contributed by atoms with Crippen LogP contribution >= 0.6 is 0 Å². The van der Waals surface area contributed by atoms with Crippen molar-refractivity contribution in [2.45, 2.75) is 0 Å². The van der Waals surface area contributed by atoms with Gasteiger partial charge in [0, 0.05) is 49.4 Å². The topological polar surface area (TPSA) is 54.4 Å². The summed E-state index contributed by atoms with van der Waals surface area (Å²) in [5.74, 6) is 0. The monoisotopic (exact) mass is 269 g/mol. The summed E-state index contributed by atoms with van der Waals surface area (Å²) >= 11 is 0. The van der Waals surface area contributed by atoms with Gasteiger partial charge in [-0.15, -0.1) is 0 Å². The Labute approximate surface area is 82.1 Å². The van der Waals surface area contributed by atoms with E-state index >= 15 is 0 Å². The fourth-order valence-corrected chi connectivity index (χ4v) is 0. The second-order valence-corrected chi connectivity index (χ2v) is 2.20. The Kier molecular flexibility index (Phi) is 12.5. The Morgan fingerprint density at radius 1 is 1.43 bits per heavy atom. The van der Waals surface area contributed by atoms with E-state index in [2.05, 4.69) is 0 Å². The fraction of sp³-hybridized carbons (Fsp3) is 1.00. The first kappa shape index (κ1) is 15.8. The van der Waals surface area contributed by atoms with Gasteiger partial charge in [0.05, 0.1) is 6.26 Å². The Balaban J connectivity index is -0.0000000800. The average molecular weight is 268 g/mol. The van der Waals surface area contributed by atoms with E-state index in [1.165, 1.54) is 0 Å². The van der Waals surface area contributed by atoms with Crippen LogP contribution in [0.25, 0.3) is 0 Å². The molecule has 0 saturated heterocycles. The molecule has 0 aliphatic rings. The maximum atomic E-state index is 9.19. The van der Waals surface area contributed by atoms with E-state index in [0.29, 0.717) is 6.26 Å². The van der Waals surface area contributed by atoms with E-state index in [1.54, 1.807) is 0 Å². The molecule has 0 atom stereocenters. The summed E-state index contributed by atoms with van der Waals surface area (Å²) in [6, 6.07) is 0. The minimum Gasteiger partial charge on any atom is -0.286 e. The predicted octanol–water partition coefficient (Wildman–Crippen LogP) is -0.343. The van der Waals surface area contributed by atoms with Gasteiger partial charge < -0.3 is 0 Å². The van der Waals surface area contributed by atoms with Crippen LogP contribution in [0.3, 0.4) is 0 Å². The molecule has 0 saturated carbocycles. The van der Waals surface area contributed by atoms with E-state index in [4.69, 9.17) is 4.55 Å². The molecule has 0 aromatic heterocycles. The van der Waals surface area contributed by atoms with Crippen LogP contribution in [0.2, 0.25) is 0 Å². The third kappa shape index (κ3) is 108. The van der Waals surface area contributed by atoms with Gasteiger partial charge in [0.1, 0.15) is 0 Å². The first-order valence-electron chi connectivity index (χ1n) is 0.924. The zero-order valence-electron chi connectivity index (χ0n) is 3.46. The number of hydrogen-bond donors (Lipinski definition) is 1. The number of hydrogen-bond acceptors (Lipinski definition) is 2. The van der Waals surface area contributed by atoms with Gasteiger partial charge >= 0.3 is 0 Å². The van der Waals surface area contributed by atoms with Gasteiger partial charge in [0.25, 0.3) is 10.1 Å². The Hall–Kier alpha value is 1.42. The summed E-state index contributed by atoms with van der Waals surface area (Å²) in [6.07, 6.45) is 0.715. The Bertz CT molecular complexity index is 98.1. The summed E-state index contributed by atoms with van der Waals surface area (Å²) in [7, 11) is -3.67. The van der Waals surface area contributed by atoms with Crippen molar-refractivity contribution >= 4 is 10.1 Å². The average Bonchev–Trinajstić information content (AvgIpc) is 0.722. The smallest absolute Gasteiger partial charge is 0.261 e. The van der Waals surface area contributed by atoms with Gasteiger partial charge in [-0.25, -0.2) is 0 Å². The van der Waals surface area contributed by atoms with E-state index in [-0.39, 0.29) is 54.1 Å². The van der Waals surface area contributed by atoms with E-state index in [0.717, 1.165) is 0 Å². The van der Waals surface area contributed by atoms with E-state index in [9.17, 15) is 8.42 Å². The van der Waals surface area contributed by atoms with Crippen molar-refractivity contribution in [3.05, 3.63) is 0 Å². The zero-order chi connectivity index (χ0) is 4.50. The molecule has 0 unspecified atom stereocenters. The van der Waals surface area contributed by atoms with Gasteiger partial charge in [-0.1, -0.05) is 0 Å². The van der Waals surface area contributed by atoms with Crippen molar-refractivity contribution in [2.75, 3.05) is 6.26 Å². The second kappa shape index (κ2) is 5.56. The summed E-state index contributed by atoms with van der Waals surface area (Å²) in [4.78, 5) is 0. The van der Waals surface area contributed by atoms with E-state index < -0.39 is 10.1 Å². The first-order valence-corrected chi connectivity index (χ1v) is 2.77. The van der Waals surface area contributed by atoms with Crippen LogP contribution in [0, 0.1) is 49.4 Å². The van der Waals surface area contributed by atoms with Crippen LogP contribution in [0.1, 0.15) is 0 Å². The van der Waals surface area contributed by atoms with Crippen LogP contribution in [-0.2, 0) is 10.1 Å². The summed E-state index contributed by atoms with van der Waals surface area (Å²) < 4.78 is 25.9. The van der Waals surface area contributed by atoms with Crippen LogP contribution in [0.15, 0.2) is 0 Å². The molecule has 7 heavy (non-hydrogen) atoms. The van der Waals surface area contributed by atoms with Crippen LogP contribution < -0.4 is 0 Å². The molecule has 0 heterocycles. The molecule has 0 fully saturated rings. The molecule has 0 aliphatic carbocycles. The van der Waals surface area contributed by atoms with Gasteiger partial charge in [-0.3, -0.25) is 9.26 Å². The number of rotatable bonds is 0. The molecule has 0 bridgehead atoms. The maximum Gasteiger partial charge on any atom is 0.261 e. The van der Waals surface area contributed by atoms with Crippen molar-refractivity contribution in [2.24, 2.45) is 0 Å². The van der Waals surface area contributed by atoms with Crippen molar-refractivity contribution < 1.29 is 67.1 Å². The van der Waals surface area contributed by atoms with Crippen LogP contribution in [0.5, 0.6) is 0 Å². The normalized spacial score (nSPS) is 8.29. The summed E-state index contributed by atoms with van der Waals surface area (Å²) in [5, 5.41) is 0. The molecule has 47 valence electrons. The van der Waals surface area contributed by atoms with Gasteiger partial charge in [-0.05, 0) is 0 Å². The fourth-order valence-electron chi connectivity index (χ4n) is 0. The first-order chi connectivity index (χ1) is 2.00. The molecule has 6 heteroatoms. The Morgan fingerprint density at radius 3 is 1.43 bits per heavy atom. The van der Waals surface area contributed by atoms with Crippen molar-refractivity contribution in [1.29, 1.82) is 0 Å². The minimum atomic E-state index is -3.67. The standard InChI is InChI=1S/CH4O3S.Eu.FH/c1-5(2,3)4;;/h1H3,(H,2,3,4);;1H. The molecule has 0 amide bonds. The van der Waals surface area contributed by atoms with Crippen LogP contribution in [0.4, 0.5) is 4.70 Å². The molecule has 0 aliphatic heterocycles. The summed E-state index contributed by atoms with van der Waals surface area (Å²) in [5.41, 5.74) is 0. The van der Waals surface area contributed by atoms with Gasteiger partial charge in [0.15, 0.2) is 0 Å². The molecular formula is CH5EuFO3S. The van der Waals surface area contributed by atoms with Gasteiger partial charge in [0.2, 0.25) is 0 Å². The van der Waals surface area contributed by atoms with Crippen molar-refractivity contribution in [1.82, 2.24) is 0 Å². The van der Waals surface area contributed by atoms with E-state index in [1.807, 2.05) is 0 Å². The third-order valence-electron chi connectivity index (χ3n) is 0. The molecule has 0 spiro atoms. The molecule has 0 aromatic carbocycles. The molecule has 1 radical (unpaired) electrons. The number of halogens is 1. The second-order valence-electron chi connectivity index (χ2n) is 0.733. The molecule has 3 nitrogen and oxygen atoms in total. The molecule has 0 aromatic rings. The maximum absolute atomic E-state index is 9.19. The minimum absolute atomic E-state index is 0. The van der Waals surface area contributed by atoms with Crippen LogP contribution in [-0.4, -0.2) is 19.2 Å². The molecule has 0 rings (SSSR count). The Morgan fingerprint density at radius 2 is 1.43 bits per heavy atom. The molecular weight excluding hydrogens is 263 g/mol. The third-order valence-corrected chi connectivity index (χ3v) is 0.